The summed E-state index contributed by atoms with van der Waals surface area (Å²) in [6.07, 6.45) is 5.32. The van der Waals surface area contributed by atoms with Crippen molar-refractivity contribution in [3.8, 4) is 5.75 Å². The summed E-state index contributed by atoms with van der Waals surface area (Å²) in [4.78, 5) is 2.47. The summed E-state index contributed by atoms with van der Waals surface area (Å²) in [5, 5.41) is 0. The van der Waals surface area contributed by atoms with Crippen LogP contribution in [0.15, 0.2) is 28.7 Å². The lowest BCUT2D eigenvalue weighted by atomic mass is 9.75. The maximum atomic E-state index is 5.82. The second-order valence-corrected chi connectivity index (χ2v) is 7.60. The van der Waals surface area contributed by atoms with Crippen molar-refractivity contribution in [1.82, 2.24) is 4.90 Å². The Hall–Kier alpha value is -0.540. The molecule has 2 rings (SSSR count). The Labute approximate surface area is 131 Å². The molecular weight excluding hydrogens is 314 g/mol. The third-order valence-electron chi connectivity index (χ3n) is 4.44. The first-order chi connectivity index (χ1) is 9.46. The SMILES string of the molecule is CN(CCOc1cccc(Br)c1)C1CCC(C)(C)CC1. The van der Waals surface area contributed by atoms with E-state index in [4.69, 9.17) is 4.74 Å². The summed E-state index contributed by atoms with van der Waals surface area (Å²) in [5.41, 5.74) is 0.546. The predicted octanol–water partition coefficient (Wildman–Crippen LogP) is 4.73. The summed E-state index contributed by atoms with van der Waals surface area (Å²) in [7, 11) is 2.23. The van der Waals surface area contributed by atoms with E-state index in [0.29, 0.717) is 5.41 Å². The molecule has 0 aliphatic heterocycles. The lowest BCUT2D eigenvalue weighted by molar-refractivity contribution is 0.114. The van der Waals surface area contributed by atoms with E-state index in [1.165, 1.54) is 25.7 Å². The van der Waals surface area contributed by atoms with Gasteiger partial charge in [0.2, 0.25) is 0 Å². The van der Waals surface area contributed by atoms with Gasteiger partial charge in [-0.15, -0.1) is 0 Å². The zero-order valence-electron chi connectivity index (χ0n) is 12.9. The van der Waals surface area contributed by atoms with Crippen LogP contribution in [0.5, 0.6) is 5.75 Å². The molecule has 1 fully saturated rings. The van der Waals surface area contributed by atoms with Crippen molar-refractivity contribution >= 4 is 15.9 Å². The Morgan fingerprint density at radius 2 is 2.00 bits per heavy atom. The van der Waals surface area contributed by atoms with Crippen LogP contribution in [0.3, 0.4) is 0 Å². The molecule has 0 radical (unpaired) electrons. The molecule has 0 spiro atoms. The molecule has 2 nitrogen and oxygen atoms in total. The summed E-state index contributed by atoms with van der Waals surface area (Å²) < 4.78 is 6.89. The molecule has 0 atom stereocenters. The van der Waals surface area contributed by atoms with Gasteiger partial charge in [-0.05, 0) is 56.3 Å². The molecule has 1 aromatic rings. The van der Waals surface area contributed by atoms with E-state index in [1.807, 2.05) is 24.3 Å². The summed E-state index contributed by atoms with van der Waals surface area (Å²) in [6, 6.07) is 8.78. The molecule has 20 heavy (non-hydrogen) atoms. The number of rotatable bonds is 5. The first-order valence-electron chi connectivity index (χ1n) is 7.55. The van der Waals surface area contributed by atoms with Gasteiger partial charge in [0.15, 0.2) is 0 Å². The van der Waals surface area contributed by atoms with Gasteiger partial charge >= 0.3 is 0 Å². The average Bonchev–Trinajstić information content (AvgIpc) is 2.38. The molecule has 0 aromatic heterocycles. The second-order valence-electron chi connectivity index (χ2n) is 6.68. The van der Waals surface area contributed by atoms with Crippen molar-refractivity contribution < 1.29 is 4.74 Å². The number of nitrogens with zero attached hydrogens (tertiary/aromatic N) is 1. The van der Waals surface area contributed by atoms with E-state index in [1.54, 1.807) is 0 Å². The van der Waals surface area contributed by atoms with E-state index in [2.05, 4.69) is 41.7 Å². The normalized spacial score (nSPS) is 19.2. The van der Waals surface area contributed by atoms with E-state index >= 15 is 0 Å². The highest BCUT2D eigenvalue weighted by Gasteiger charge is 2.28. The van der Waals surface area contributed by atoms with E-state index in [-0.39, 0.29) is 0 Å². The molecule has 1 aliphatic carbocycles. The van der Waals surface area contributed by atoms with Gasteiger partial charge in [-0.3, -0.25) is 0 Å². The third-order valence-corrected chi connectivity index (χ3v) is 4.93. The zero-order chi connectivity index (χ0) is 14.6. The fraction of sp³-hybridized carbons (Fsp3) is 0.647. The minimum atomic E-state index is 0.546. The van der Waals surface area contributed by atoms with Gasteiger partial charge < -0.3 is 9.64 Å². The van der Waals surface area contributed by atoms with Gasteiger partial charge in [-0.2, -0.15) is 0 Å². The van der Waals surface area contributed by atoms with Crippen LogP contribution in [0.1, 0.15) is 39.5 Å². The van der Waals surface area contributed by atoms with Crippen molar-refractivity contribution in [1.29, 1.82) is 0 Å². The average molecular weight is 340 g/mol. The first kappa shape index (κ1) is 15.8. The number of hydrogen-bond donors (Lipinski definition) is 0. The fourth-order valence-corrected chi connectivity index (χ4v) is 3.25. The van der Waals surface area contributed by atoms with Crippen molar-refractivity contribution in [2.45, 2.75) is 45.6 Å². The molecule has 0 N–H and O–H groups in total. The number of halogens is 1. The number of ether oxygens (including phenoxy) is 1. The number of hydrogen-bond acceptors (Lipinski definition) is 2. The van der Waals surface area contributed by atoms with Crippen LogP contribution in [0.2, 0.25) is 0 Å². The van der Waals surface area contributed by atoms with Crippen LogP contribution in [0.4, 0.5) is 0 Å². The monoisotopic (exact) mass is 339 g/mol. The maximum absolute atomic E-state index is 5.82. The molecule has 0 bridgehead atoms. The molecule has 1 saturated carbocycles. The van der Waals surface area contributed by atoms with E-state index < -0.39 is 0 Å². The standard InChI is InChI=1S/C17H26BrNO/c1-17(2)9-7-15(8-10-17)19(3)11-12-20-16-6-4-5-14(18)13-16/h4-6,13,15H,7-12H2,1-3H3. The van der Waals surface area contributed by atoms with Crippen LogP contribution in [0.25, 0.3) is 0 Å². The minimum Gasteiger partial charge on any atom is -0.492 e. The quantitative estimate of drug-likeness (QED) is 0.768. The van der Waals surface area contributed by atoms with Crippen LogP contribution < -0.4 is 4.74 Å². The molecule has 1 aliphatic rings. The number of likely N-dealkylation sites (N-methyl/N-ethyl adjacent to an activating group) is 1. The highest BCUT2D eigenvalue weighted by Crippen LogP contribution is 2.36. The Morgan fingerprint density at radius 1 is 1.30 bits per heavy atom. The van der Waals surface area contributed by atoms with Gasteiger partial charge in [-0.25, -0.2) is 0 Å². The van der Waals surface area contributed by atoms with E-state index in [9.17, 15) is 0 Å². The molecular formula is C17H26BrNO. The van der Waals surface area contributed by atoms with Crippen molar-refractivity contribution in [3.05, 3.63) is 28.7 Å². The smallest absolute Gasteiger partial charge is 0.120 e. The van der Waals surface area contributed by atoms with Gasteiger partial charge in [0, 0.05) is 17.1 Å². The Balaban J connectivity index is 1.71. The Bertz CT molecular complexity index is 423. The lowest BCUT2D eigenvalue weighted by Crippen LogP contribution is -2.39. The largest absolute Gasteiger partial charge is 0.492 e. The van der Waals surface area contributed by atoms with Crippen LogP contribution in [-0.4, -0.2) is 31.1 Å². The molecule has 0 heterocycles. The fourth-order valence-electron chi connectivity index (χ4n) is 2.87. The topological polar surface area (TPSA) is 12.5 Å². The van der Waals surface area contributed by atoms with Gasteiger partial charge in [-0.1, -0.05) is 35.8 Å². The molecule has 0 saturated heterocycles. The summed E-state index contributed by atoms with van der Waals surface area (Å²) >= 11 is 3.47. The van der Waals surface area contributed by atoms with Crippen molar-refractivity contribution in [3.63, 3.8) is 0 Å². The molecule has 1 aromatic carbocycles. The zero-order valence-corrected chi connectivity index (χ0v) is 14.4. The molecule has 0 amide bonds. The Kier molecular flexibility index (Phi) is 5.50. The van der Waals surface area contributed by atoms with E-state index in [0.717, 1.165) is 29.4 Å². The summed E-state index contributed by atoms with van der Waals surface area (Å²) in [5.74, 6) is 0.942. The van der Waals surface area contributed by atoms with Gasteiger partial charge in [0.1, 0.15) is 12.4 Å². The summed E-state index contributed by atoms with van der Waals surface area (Å²) in [6.45, 7) is 6.53. The Morgan fingerprint density at radius 3 is 2.65 bits per heavy atom. The molecule has 112 valence electrons. The molecule has 0 unspecified atom stereocenters. The third kappa shape index (κ3) is 4.78. The maximum Gasteiger partial charge on any atom is 0.120 e. The van der Waals surface area contributed by atoms with Crippen molar-refractivity contribution in [2.75, 3.05) is 20.2 Å². The molecule has 3 heteroatoms. The highest BCUT2D eigenvalue weighted by molar-refractivity contribution is 9.10. The van der Waals surface area contributed by atoms with Crippen molar-refractivity contribution in [2.24, 2.45) is 5.41 Å². The highest BCUT2D eigenvalue weighted by atomic mass is 79.9. The first-order valence-corrected chi connectivity index (χ1v) is 8.34. The van der Waals surface area contributed by atoms with Crippen LogP contribution >= 0.6 is 15.9 Å². The van der Waals surface area contributed by atoms with Crippen LogP contribution in [0, 0.1) is 5.41 Å². The van der Waals surface area contributed by atoms with Gasteiger partial charge in [0.05, 0.1) is 0 Å². The number of benzene rings is 1. The van der Waals surface area contributed by atoms with Gasteiger partial charge in [0.25, 0.3) is 0 Å². The minimum absolute atomic E-state index is 0.546. The van der Waals surface area contributed by atoms with Crippen LogP contribution in [-0.2, 0) is 0 Å². The lowest BCUT2D eigenvalue weighted by Gasteiger charge is -2.38. The second kappa shape index (κ2) is 6.95. The predicted molar refractivity (Wildman–Crippen MR) is 88.3 cm³/mol.